The number of carbonyl (C=O) groups is 1. The zero-order valence-electron chi connectivity index (χ0n) is 16.4. The molecule has 0 aromatic carbocycles. The minimum Gasteiger partial charge on any atom is -0.400 e. The molecule has 0 amide bonds. The second-order valence-corrected chi connectivity index (χ2v) is 4.25. The molecule has 1 aliphatic rings. The maximum absolute atomic E-state index is 9.55. The lowest BCUT2D eigenvalue weighted by atomic mass is 9.99. The van der Waals surface area contributed by atoms with Crippen molar-refractivity contribution in [2.24, 2.45) is 5.92 Å². The van der Waals surface area contributed by atoms with Crippen molar-refractivity contribution in [2.45, 2.75) is 87.3 Å². The SMILES string of the molecule is C.C=CC.C=O.CC.CC.CC(C)C(O)CC1CCCN1.CO. The molecule has 23 heavy (non-hydrogen) atoms. The van der Waals surface area contributed by atoms with Gasteiger partial charge in [0.1, 0.15) is 6.79 Å². The molecule has 0 radical (unpaired) electrons. The fourth-order valence-corrected chi connectivity index (χ4v) is 1.52. The lowest BCUT2D eigenvalue weighted by Gasteiger charge is -2.18. The summed E-state index contributed by atoms with van der Waals surface area (Å²) in [5.41, 5.74) is 0. The van der Waals surface area contributed by atoms with E-state index < -0.39 is 0 Å². The van der Waals surface area contributed by atoms with E-state index in [9.17, 15) is 5.11 Å². The third-order valence-electron chi connectivity index (χ3n) is 2.46. The molecule has 0 aromatic heterocycles. The fraction of sp³-hybridized carbons (Fsp3) is 0.842. The number of aliphatic hydroxyl groups excluding tert-OH is 2. The van der Waals surface area contributed by atoms with Gasteiger partial charge in [0.2, 0.25) is 0 Å². The molecule has 0 bridgehead atoms. The van der Waals surface area contributed by atoms with E-state index in [0.717, 1.165) is 20.1 Å². The van der Waals surface area contributed by atoms with Gasteiger partial charge in [0.05, 0.1) is 6.10 Å². The van der Waals surface area contributed by atoms with Gasteiger partial charge in [-0.05, 0) is 38.6 Å². The minimum atomic E-state index is -0.120. The van der Waals surface area contributed by atoms with E-state index in [1.54, 1.807) is 6.08 Å². The predicted molar refractivity (Wildman–Crippen MR) is 107 cm³/mol. The van der Waals surface area contributed by atoms with Crippen molar-refractivity contribution in [1.82, 2.24) is 5.32 Å². The molecule has 0 aromatic rings. The maximum atomic E-state index is 9.55. The van der Waals surface area contributed by atoms with Crippen molar-refractivity contribution >= 4 is 6.79 Å². The summed E-state index contributed by atoms with van der Waals surface area (Å²) in [5, 5.41) is 19.9. The van der Waals surface area contributed by atoms with Crippen molar-refractivity contribution in [3.05, 3.63) is 12.7 Å². The van der Waals surface area contributed by atoms with E-state index in [4.69, 9.17) is 9.90 Å². The quantitative estimate of drug-likeness (QED) is 0.665. The number of hydrogen-bond donors (Lipinski definition) is 3. The molecule has 1 rings (SSSR count). The largest absolute Gasteiger partial charge is 0.400 e. The Kier molecular flexibility index (Phi) is 71.1. The van der Waals surface area contributed by atoms with Gasteiger partial charge in [0.25, 0.3) is 0 Å². The topological polar surface area (TPSA) is 69.6 Å². The van der Waals surface area contributed by atoms with Crippen LogP contribution in [0.2, 0.25) is 0 Å². The zero-order valence-corrected chi connectivity index (χ0v) is 16.4. The first-order valence-corrected chi connectivity index (χ1v) is 8.33. The fourth-order valence-electron chi connectivity index (χ4n) is 1.52. The summed E-state index contributed by atoms with van der Waals surface area (Å²) in [4.78, 5) is 8.00. The zero-order chi connectivity index (χ0) is 19.0. The van der Waals surface area contributed by atoms with E-state index in [0.29, 0.717) is 12.0 Å². The highest BCUT2D eigenvalue weighted by Crippen LogP contribution is 2.14. The Morgan fingerprint density at radius 1 is 1.17 bits per heavy atom. The smallest absolute Gasteiger partial charge is 0.106 e. The van der Waals surface area contributed by atoms with E-state index in [2.05, 4.69) is 25.7 Å². The molecule has 0 spiro atoms. The van der Waals surface area contributed by atoms with Gasteiger partial charge in [-0.15, -0.1) is 6.58 Å². The number of hydrogen-bond acceptors (Lipinski definition) is 4. The Morgan fingerprint density at radius 2 is 1.52 bits per heavy atom. The molecule has 0 aliphatic carbocycles. The summed E-state index contributed by atoms with van der Waals surface area (Å²) in [7, 11) is 1.00. The van der Waals surface area contributed by atoms with Crippen LogP contribution >= 0.6 is 0 Å². The summed E-state index contributed by atoms with van der Waals surface area (Å²) in [6.45, 7) is 20.5. The minimum absolute atomic E-state index is 0. The summed E-state index contributed by atoms with van der Waals surface area (Å²) < 4.78 is 0. The van der Waals surface area contributed by atoms with Crippen LogP contribution in [0.5, 0.6) is 0 Å². The number of rotatable bonds is 3. The molecule has 1 saturated heterocycles. The molecule has 1 fully saturated rings. The summed E-state index contributed by atoms with van der Waals surface area (Å²) in [6, 6.07) is 0.576. The molecule has 1 aliphatic heterocycles. The van der Waals surface area contributed by atoms with Crippen molar-refractivity contribution < 1.29 is 15.0 Å². The van der Waals surface area contributed by atoms with Crippen molar-refractivity contribution in [2.75, 3.05) is 13.7 Å². The first-order valence-electron chi connectivity index (χ1n) is 8.33. The molecule has 2 atom stereocenters. The monoisotopic (exact) mass is 337 g/mol. The van der Waals surface area contributed by atoms with Gasteiger partial charge in [-0.25, -0.2) is 0 Å². The summed E-state index contributed by atoms with van der Waals surface area (Å²) >= 11 is 0. The molecule has 2 unspecified atom stereocenters. The lowest BCUT2D eigenvalue weighted by Crippen LogP contribution is -2.29. The van der Waals surface area contributed by atoms with Crippen LogP contribution < -0.4 is 5.32 Å². The Labute approximate surface area is 147 Å². The number of carbonyl (C=O) groups excluding carboxylic acids is 1. The van der Waals surface area contributed by atoms with Gasteiger partial charge in [0, 0.05) is 13.2 Å². The average molecular weight is 338 g/mol. The summed E-state index contributed by atoms with van der Waals surface area (Å²) in [6.07, 6.45) is 5.07. The molecule has 4 heteroatoms. The molecule has 3 N–H and O–H groups in total. The van der Waals surface area contributed by atoms with Crippen LogP contribution in [0.1, 0.15) is 75.2 Å². The Bertz CT molecular complexity index is 159. The van der Waals surface area contributed by atoms with Crippen LogP contribution in [0.4, 0.5) is 0 Å². The first kappa shape index (κ1) is 38.1. The number of allylic oxidation sites excluding steroid dienone is 1. The summed E-state index contributed by atoms with van der Waals surface area (Å²) in [5.74, 6) is 0.400. The van der Waals surface area contributed by atoms with E-state index in [-0.39, 0.29) is 13.5 Å². The Balaban J connectivity index is -0.0000000513. The van der Waals surface area contributed by atoms with Gasteiger partial charge in [-0.2, -0.15) is 0 Å². The maximum Gasteiger partial charge on any atom is 0.106 e. The highest BCUT2D eigenvalue weighted by atomic mass is 16.3. The lowest BCUT2D eigenvalue weighted by molar-refractivity contribution is -0.0979. The second-order valence-electron chi connectivity index (χ2n) is 4.25. The van der Waals surface area contributed by atoms with E-state index >= 15 is 0 Å². The standard InChI is InChI=1S/C9H19NO.C3H6.2C2H6.CH4O.CH2O.CH4/c1-7(2)9(11)6-8-4-3-5-10-8;1-3-2;4*1-2;/h7-11H,3-6H2,1-2H3;3H,1H2,2H3;2*1-2H3;2H,1H3;1H2;1H4. The van der Waals surface area contributed by atoms with Gasteiger partial charge in [-0.3, -0.25) is 0 Å². The number of aliphatic hydroxyl groups is 2. The van der Waals surface area contributed by atoms with Crippen LogP contribution in [0, 0.1) is 5.92 Å². The molecule has 146 valence electrons. The molecular weight excluding hydrogens is 290 g/mol. The second kappa shape index (κ2) is 42.9. The van der Waals surface area contributed by atoms with Crippen molar-refractivity contribution in [1.29, 1.82) is 0 Å². The van der Waals surface area contributed by atoms with E-state index in [1.165, 1.54) is 12.8 Å². The first-order chi connectivity index (χ1) is 10.6. The normalized spacial score (nSPS) is 14.8. The average Bonchev–Trinajstić information content (AvgIpc) is 3.09. The predicted octanol–water partition coefficient (Wildman–Crippen LogP) is 4.45. The van der Waals surface area contributed by atoms with Gasteiger partial charge >= 0.3 is 0 Å². The van der Waals surface area contributed by atoms with Crippen LogP contribution in [-0.2, 0) is 4.79 Å². The highest BCUT2D eigenvalue weighted by molar-refractivity contribution is 5.10. The van der Waals surface area contributed by atoms with Crippen LogP contribution in [0.15, 0.2) is 12.7 Å². The molecule has 1 heterocycles. The van der Waals surface area contributed by atoms with Crippen LogP contribution in [-0.4, -0.2) is 42.8 Å². The van der Waals surface area contributed by atoms with Crippen LogP contribution in [0.3, 0.4) is 0 Å². The Hall–Kier alpha value is -0.710. The van der Waals surface area contributed by atoms with Crippen molar-refractivity contribution in [3.63, 3.8) is 0 Å². The molecule has 4 nitrogen and oxygen atoms in total. The highest BCUT2D eigenvalue weighted by Gasteiger charge is 2.19. The van der Waals surface area contributed by atoms with E-state index in [1.807, 2.05) is 41.4 Å². The molecule has 0 saturated carbocycles. The van der Waals surface area contributed by atoms with Gasteiger partial charge in [0.15, 0.2) is 0 Å². The third-order valence-corrected chi connectivity index (χ3v) is 2.46. The van der Waals surface area contributed by atoms with Crippen molar-refractivity contribution in [3.8, 4) is 0 Å². The third kappa shape index (κ3) is 38.8. The van der Waals surface area contributed by atoms with Gasteiger partial charge < -0.3 is 20.3 Å². The Morgan fingerprint density at radius 3 is 1.74 bits per heavy atom. The number of nitrogens with one attached hydrogen (secondary N) is 1. The molecular formula is C19H47NO3. The van der Waals surface area contributed by atoms with Crippen LogP contribution in [0.25, 0.3) is 0 Å². The van der Waals surface area contributed by atoms with Gasteiger partial charge in [-0.1, -0.05) is 55.0 Å².